The lowest BCUT2D eigenvalue weighted by molar-refractivity contribution is 0.516. The Morgan fingerprint density at radius 2 is 1.91 bits per heavy atom. The zero-order valence-corrected chi connectivity index (χ0v) is 7.39. The Morgan fingerprint density at radius 1 is 1.45 bits per heavy atom. The van der Waals surface area contributed by atoms with Crippen LogP contribution in [0.3, 0.4) is 0 Å². The van der Waals surface area contributed by atoms with E-state index in [1.165, 1.54) is 0 Å². The highest BCUT2D eigenvalue weighted by atomic mass is 14.7. The Balaban J connectivity index is 5.06. The van der Waals surface area contributed by atoms with E-state index < -0.39 is 0 Å². The fourth-order valence-corrected chi connectivity index (χ4v) is 0.847. The van der Waals surface area contributed by atoms with Crippen molar-refractivity contribution in [3.8, 4) is 6.07 Å². The van der Waals surface area contributed by atoms with Crippen LogP contribution in [-0.2, 0) is 0 Å². The van der Waals surface area contributed by atoms with Crippen molar-refractivity contribution >= 4 is 0 Å². The molecule has 0 saturated heterocycles. The molecule has 2 nitrogen and oxygen atoms in total. The van der Waals surface area contributed by atoms with Gasteiger partial charge in [-0.3, -0.25) is 0 Å². The molecular formula is C9H12N2. The van der Waals surface area contributed by atoms with Gasteiger partial charge in [0.15, 0.2) is 5.70 Å². The highest BCUT2D eigenvalue weighted by molar-refractivity contribution is 5.34. The predicted octanol–water partition coefficient (Wildman–Crippen LogP) is 2.75. The van der Waals surface area contributed by atoms with Crippen LogP contribution in [0, 0.1) is 23.3 Å². The Bertz CT molecular complexity index is 253. The van der Waals surface area contributed by atoms with Crippen molar-refractivity contribution in [1.82, 2.24) is 0 Å². The van der Waals surface area contributed by atoms with Gasteiger partial charge in [-0.05, 0) is 12.3 Å². The van der Waals surface area contributed by atoms with E-state index in [4.69, 9.17) is 11.8 Å². The van der Waals surface area contributed by atoms with E-state index in [-0.39, 0.29) is 5.41 Å². The first-order valence-corrected chi connectivity index (χ1v) is 3.42. The fourth-order valence-electron chi connectivity index (χ4n) is 0.847. The summed E-state index contributed by atoms with van der Waals surface area (Å²) in [6.45, 7) is 14.2. The number of hydrogen-bond donors (Lipinski definition) is 0. The summed E-state index contributed by atoms with van der Waals surface area (Å²) < 4.78 is 0. The van der Waals surface area contributed by atoms with Crippen LogP contribution >= 0.6 is 0 Å². The second-order valence-electron chi connectivity index (χ2n) is 3.43. The molecule has 0 spiro atoms. The minimum absolute atomic E-state index is 0.205. The van der Waals surface area contributed by atoms with Gasteiger partial charge in [-0.25, -0.2) is 4.85 Å². The van der Waals surface area contributed by atoms with Crippen LogP contribution in [0.1, 0.15) is 27.7 Å². The molecule has 0 N–H and O–H groups in total. The van der Waals surface area contributed by atoms with Gasteiger partial charge in [-0.1, -0.05) is 20.8 Å². The summed E-state index contributed by atoms with van der Waals surface area (Å²) in [5, 5.41) is 8.71. The van der Waals surface area contributed by atoms with Crippen molar-refractivity contribution in [2.75, 3.05) is 0 Å². The van der Waals surface area contributed by atoms with Crippen LogP contribution in [0.15, 0.2) is 11.3 Å². The average molecular weight is 148 g/mol. The third-order valence-electron chi connectivity index (χ3n) is 1.39. The molecule has 0 aromatic carbocycles. The third-order valence-corrected chi connectivity index (χ3v) is 1.39. The minimum atomic E-state index is -0.205. The third kappa shape index (κ3) is 2.43. The van der Waals surface area contributed by atoms with Gasteiger partial charge < -0.3 is 0 Å². The summed E-state index contributed by atoms with van der Waals surface area (Å²) in [5.74, 6) is 0. The number of hydrogen-bond acceptors (Lipinski definition) is 1. The topological polar surface area (TPSA) is 28.1 Å². The molecule has 0 aliphatic heterocycles. The highest BCUT2D eigenvalue weighted by Gasteiger charge is 2.18. The monoisotopic (exact) mass is 148 g/mol. The zero-order valence-electron chi connectivity index (χ0n) is 7.39. The van der Waals surface area contributed by atoms with Crippen molar-refractivity contribution in [3.05, 3.63) is 22.7 Å². The molecule has 0 rings (SSSR count). The predicted molar refractivity (Wildman–Crippen MR) is 44.4 cm³/mol. The molecule has 0 aromatic rings. The zero-order chi connectivity index (χ0) is 9.07. The van der Waals surface area contributed by atoms with Crippen molar-refractivity contribution in [3.63, 3.8) is 0 Å². The van der Waals surface area contributed by atoms with Gasteiger partial charge in [0, 0.05) is 5.57 Å². The molecule has 0 fully saturated rings. The molecule has 58 valence electrons. The lowest BCUT2D eigenvalue weighted by atomic mass is 9.86. The van der Waals surface area contributed by atoms with Gasteiger partial charge in [0.05, 0.1) is 12.6 Å². The standard InChI is InChI=1S/C9H12N2/c1-7(11-5)8(6-10)9(2,3)4/h1-4H3/b8-7-. The van der Waals surface area contributed by atoms with Crippen molar-refractivity contribution in [2.24, 2.45) is 5.41 Å². The molecule has 0 radical (unpaired) electrons. The molecule has 0 atom stereocenters. The second kappa shape index (κ2) is 3.21. The molecule has 0 heterocycles. The number of nitriles is 1. The maximum absolute atomic E-state index is 8.71. The minimum Gasteiger partial charge on any atom is -0.242 e. The first kappa shape index (κ1) is 9.72. The van der Waals surface area contributed by atoms with E-state index in [0.29, 0.717) is 11.3 Å². The highest BCUT2D eigenvalue weighted by Crippen LogP contribution is 2.27. The Kier molecular flexibility index (Phi) is 2.84. The molecule has 0 amide bonds. The van der Waals surface area contributed by atoms with Crippen LogP contribution in [0.4, 0.5) is 0 Å². The van der Waals surface area contributed by atoms with Gasteiger partial charge in [0.1, 0.15) is 0 Å². The van der Waals surface area contributed by atoms with E-state index >= 15 is 0 Å². The molecule has 0 aliphatic carbocycles. The largest absolute Gasteiger partial charge is 0.242 e. The first-order valence-electron chi connectivity index (χ1n) is 3.42. The second-order valence-corrected chi connectivity index (χ2v) is 3.43. The van der Waals surface area contributed by atoms with Crippen LogP contribution < -0.4 is 0 Å². The Morgan fingerprint density at radius 3 is 2.00 bits per heavy atom. The van der Waals surface area contributed by atoms with Crippen molar-refractivity contribution in [2.45, 2.75) is 27.7 Å². The number of nitrogens with zero attached hydrogens (tertiary/aromatic N) is 2. The maximum Gasteiger partial charge on any atom is 0.176 e. The van der Waals surface area contributed by atoms with Crippen LogP contribution in [-0.4, -0.2) is 0 Å². The molecule has 0 aromatic heterocycles. The molecule has 11 heavy (non-hydrogen) atoms. The van der Waals surface area contributed by atoms with Gasteiger partial charge in [-0.15, -0.1) is 0 Å². The van der Waals surface area contributed by atoms with Crippen LogP contribution in [0.25, 0.3) is 4.85 Å². The molecule has 0 bridgehead atoms. The van der Waals surface area contributed by atoms with Gasteiger partial charge in [0.2, 0.25) is 0 Å². The Labute approximate surface area is 68.0 Å². The smallest absolute Gasteiger partial charge is 0.176 e. The fraction of sp³-hybridized carbons (Fsp3) is 0.556. The summed E-state index contributed by atoms with van der Waals surface area (Å²) in [4.78, 5) is 3.23. The lowest BCUT2D eigenvalue weighted by Gasteiger charge is -2.17. The van der Waals surface area contributed by atoms with E-state index in [0.717, 1.165) is 0 Å². The molecule has 0 unspecified atom stereocenters. The first-order chi connectivity index (χ1) is 4.93. The van der Waals surface area contributed by atoms with Crippen molar-refractivity contribution < 1.29 is 0 Å². The van der Waals surface area contributed by atoms with E-state index in [1.807, 2.05) is 20.8 Å². The maximum atomic E-state index is 8.71. The summed E-state index contributed by atoms with van der Waals surface area (Å²) in [5.41, 5.74) is 0.871. The normalized spacial score (nSPS) is 12.9. The number of rotatable bonds is 0. The van der Waals surface area contributed by atoms with Crippen LogP contribution in [0.5, 0.6) is 0 Å². The molecule has 2 heteroatoms. The SMILES string of the molecule is [C-]#[N+]/C(C)=C(/C#N)C(C)(C)C. The van der Waals surface area contributed by atoms with E-state index in [2.05, 4.69) is 10.9 Å². The summed E-state index contributed by atoms with van der Waals surface area (Å²) in [6.07, 6.45) is 0. The molecular weight excluding hydrogens is 136 g/mol. The van der Waals surface area contributed by atoms with Crippen molar-refractivity contribution in [1.29, 1.82) is 5.26 Å². The van der Waals surface area contributed by atoms with Gasteiger partial charge in [0.25, 0.3) is 0 Å². The average Bonchev–Trinajstić information content (AvgIpc) is 1.86. The van der Waals surface area contributed by atoms with Gasteiger partial charge >= 0.3 is 0 Å². The summed E-state index contributed by atoms with van der Waals surface area (Å²) in [7, 11) is 0. The van der Waals surface area contributed by atoms with Crippen LogP contribution in [0.2, 0.25) is 0 Å². The summed E-state index contributed by atoms with van der Waals surface area (Å²) in [6, 6.07) is 2.06. The molecule has 0 saturated carbocycles. The Hall–Kier alpha value is -1.28. The number of allylic oxidation sites excluding steroid dienone is 2. The van der Waals surface area contributed by atoms with E-state index in [9.17, 15) is 0 Å². The quantitative estimate of drug-likeness (QED) is 0.383. The summed E-state index contributed by atoms with van der Waals surface area (Å²) >= 11 is 0. The molecule has 0 aliphatic rings. The lowest BCUT2D eigenvalue weighted by Crippen LogP contribution is -2.08. The van der Waals surface area contributed by atoms with Gasteiger partial charge in [-0.2, -0.15) is 5.26 Å². The van der Waals surface area contributed by atoms with E-state index in [1.54, 1.807) is 6.92 Å².